The molecule has 0 radical (unpaired) electrons. The predicted molar refractivity (Wildman–Crippen MR) is 90.6 cm³/mol. The van der Waals surface area contributed by atoms with E-state index in [1.807, 2.05) is 31.2 Å². The number of nitrogens with zero attached hydrogens (tertiary/aromatic N) is 4. The van der Waals surface area contributed by atoms with Crippen molar-refractivity contribution in [3.05, 3.63) is 48.3 Å². The van der Waals surface area contributed by atoms with Crippen LogP contribution in [0.15, 0.2) is 42.7 Å². The molecule has 7 heteroatoms. The van der Waals surface area contributed by atoms with Gasteiger partial charge in [0.1, 0.15) is 0 Å². The number of benzene rings is 1. The summed E-state index contributed by atoms with van der Waals surface area (Å²) >= 11 is 0. The van der Waals surface area contributed by atoms with Crippen molar-refractivity contribution in [1.82, 2.24) is 14.6 Å². The van der Waals surface area contributed by atoms with E-state index < -0.39 is 5.91 Å². The van der Waals surface area contributed by atoms with Crippen LogP contribution in [0.4, 0.5) is 5.69 Å². The molecule has 0 bridgehead atoms. The first kappa shape index (κ1) is 15.7. The lowest BCUT2D eigenvalue weighted by Gasteiger charge is -2.19. The summed E-state index contributed by atoms with van der Waals surface area (Å²) in [6.45, 7) is 4.02. The minimum absolute atomic E-state index is 0.0264. The molecule has 1 aromatic carbocycles. The molecule has 7 nitrogen and oxygen atoms in total. The van der Waals surface area contributed by atoms with E-state index in [0.717, 1.165) is 11.3 Å². The zero-order valence-corrected chi connectivity index (χ0v) is 13.4. The van der Waals surface area contributed by atoms with Gasteiger partial charge in [0.25, 0.3) is 5.91 Å². The summed E-state index contributed by atoms with van der Waals surface area (Å²) in [5.74, 6) is -0.598. The van der Waals surface area contributed by atoms with Crippen LogP contribution in [0.25, 0.3) is 16.9 Å². The van der Waals surface area contributed by atoms with E-state index in [1.54, 1.807) is 21.7 Å². The molecule has 0 unspecified atom stereocenters. The molecular weight excluding hydrogens is 306 g/mol. The molecule has 2 heterocycles. The number of hydrogen-bond acceptors (Lipinski definition) is 4. The quantitative estimate of drug-likeness (QED) is 0.793. The lowest BCUT2D eigenvalue weighted by Crippen LogP contribution is -2.27. The van der Waals surface area contributed by atoms with Crippen molar-refractivity contribution in [1.29, 1.82) is 0 Å². The Labute approximate surface area is 138 Å². The van der Waals surface area contributed by atoms with E-state index in [4.69, 9.17) is 5.73 Å². The second-order valence-electron chi connectivity index (χ2n) is 5.30. The van der Waals surface area contributed by atoms with Gasteiger partial charge in [0.15, 0.2) is 5.65 Å². The molecule has 24 heavy (non-hydrogen) atoms. The minimum atomic E-state index is -0.571. The summed E-state index contributed by atoms with van der Waals surface area (Å²) in [6, 6.07) is 9.09. The topological polar surface area (TPSA) is 93.6 Å². The van der Waals surface area contributed by atoms with Gasteiger partial charge < -0.3 is 10.6 Å². The van der Waals surface area contributed by atoms with E-state index in [-0.39, 0.29) is 11.5 Å². The van der Waals surface area contributed by atoms with E-state index in [9.17, 15) is 9.59 Å². The van der Waals surface area contributed by atoms with Crippen LogP contribution in [0.3, 0.4) is 0 Å². The molecule has 0 aliphatic carbocycles. The van der Waals surface area contributed by atoms with Gasteiger partial charge in [0.2, 0.25) is 5.91 Å². The van der Waals surface area contributed by atoms with Crippen molar-refractivity contribution in [2.45, 2.75) is 13.8 Å². The summed E-state index contributed by atoms with van der Waals surface area (Å²) < 4.78 is 1.58. The van der Waals surface area contributed by atoms with Crippen LogP contribution in [0.2, 0.25) is 0 Å². The fourth-order valence-electron chi connectivity index (χ4n) is 2.72. The number of hydrogen-bond donors (Lipinski definition) is 1. The fourth-order valence-corrected chi connectivity index (χ4v) is 2.72. The predicted octanol–water partition coefficient (Wildman–Crippen LogP) is 1.87. The number of primary amides is 1. The van der Waals surface area contributed by atoms with Gasteiger partial charge in [0, 0.05) is 37.0 Å². The first-order valence-corrected chi connectivity index (χ1v) is 7.54. The standard InChI is InChI=1S/C17H17N5O2/c1-3-21(11(2)23)13-6-4-12(5-7-13)16-14(17(18)24)10-19-15-8-9-20-22(15)16/h4-10H,3H2,1-2H3,(H2,18,24). The number of nitrogens with two attached hydrogens (primary N) is 1. The Bertz CT molecular complexity index is 914. The lowest BCUT2D eigenvalue weighted by molar-refractivity contribution is -0.116. The summed E-state index contributed by atoms with van der Waals surface area (Å²) in [5, 5.41) is 4.22. The monoisotopic (exact) mass is 323 g/mol. The van der Waals surface area contributed by atoms with E-state index in [1.165, 1.54) is 13.1 Å². The van der Waals surface area contributed by atoms with Crippen molar-refractivity contribution in [2.24, 2.45) is 5.73 Å². The van der Waals surface area contributed by atoms with E-state index >= 15 is 0 Å². The molecule has 0 saturated heterocycles. The zero-order chi connectivity index (χ0) is 17.3. The van der Waals surface area contributed by atoms with Crippen LogP contribution in [0.1, 0.15) is 24.2 Å². The van der Waals surface area contributed by atoms with E-state index in [0.29, 0.717) is 17.9 Å². The summed E-state index contributed by atoms with van der Waals surface area (Å²) in [7, 11) is 0. The van der Waals surface area contributed by atoms with Gasteiger partial charge in [-0.25, -0.2) is 9.50 Å². The van der Waals surface area contributed by atoms with Crippen LogP contribution in [0, 0.1) is 0 Å². The highest BCUT2D eigenvalue weighted by atomic mass is 16.2. The minimum Gasteiger partial charge on any atom is -0.365 e. The zero-order valence-electron chi connectivity index (χ0n) is 13.4. The van der Waals surface area contributed by atoms with Gasteiger partial charge in [0.05, 0.1) is 17.5 Å². The molecule has 2 aromatic heterocycles. The maximum atomic E-state index is 11.8. The molecule has 0 spiro atoms. The Balaban J connectivity index is 2.14. The Hall–Kier alpha value is -3.22. The molecule has 0 aliphatic heterocycles. The maximum Gasteiger partial charge on any atom is 0.252 e. The van der Waals surface area contributed by atoms with Crippen molar-refractivity contribution in [2.75, 3.05) is 11.4 Å². The molecule has 0 aliphatic rings. The Morgan fingerprint density at radius 2 is 1.92 bits per heavy atom. The summed E-state index contributed by atoms with van der Waals surface area (Å²) in [6.07, 6.45) is 3.07. The lowest BCUT2D eigenvalue weighted by atomic mass is 10.1. The molecule has 0 atom stereocenters. The number of rotatable bonds is 4. The normalized spacial score (nSPS) is 10.8. The summed E-state index contributed by atoms with van der Waals surface area (Å²) in [5.41, 5.74) is 8.53. The van der Waals surface area contributed by atoms with Gasteiger partial charge in [-0.05, 0) is 19.1 Å². The molecule has 2 amide bonds. The second kappa shape index (κ2) is 6.11. The van der Waals surface area contributed by atoms with Gasteiger partial charge >= 0.3 is 0 Å². The Morgan fingerprint density at radius 3 is 2.50 bits per heavy atom. The largest absolute Gasteiger partial charge is 0.365 e. The molecule has 2 N–H and O–H groups in total. The van der Waals surface area contributed by atoms with Gasteiger partial charge in [-0.2, -0.15) is 5.10 Å². The molecule has 0 saturated carbocycles. The van der Waals surface area contributed by atoms with Crippen LogP contribution >= 0.6 is 0 Å². The van der Waals surface area contributed by atoms with Gasteiger partial charge in [-0.1, -0.05) is 12.1 Å². The number of fused-ring (bicyclic) bond motifs is 1. The van der Waals surface area contributed by atoms with Crippen LogP contribution in [-0.4, -0.2) is 33.0 Å². The Morgan fingerprint density at radius 1 is 1.21 bits per heavy atom. The SMILES string of the molecule is CCN(C(C)=O)c1ccc(-c2c(C(N)=O)cnc3ccnn23)cc1. The number of anilines is 1. The third kappa shape index (κ3) is 2.60. The number of carbonyl (C=O) groups is 2. The fraction of sp³-hybridized carbons (Fsp3) is 0.176. The number of amides is 2. The van der Waals surface area contributed by atoms with Crippen molar-refractivity contribution in [3.63, 3.8) is 0 Å². The van der Waals surface area contributed by atoms with Crippen LogP contribution in [-0.2, 0) is 4.79 Å². The molecule has 3 rings (SSSR count). The third-order valence-electron chi connectivity index (χ3n) is 3.83. The first-order valence-electron chi connectivity index (χ1n) is 7.54. The van der Waals surface area contributed by atoms with Crippen molar-refractivity contribution >= 4 is 23.1 Å². The average Bonchev–Trinajstić information content (AvgIpc) is 3.03. The third-order valence-corrected chi connectivity index (χ3v) is 3.83. The molecule has 3 aromatic rings. The van der Waals surface area contributed by atoms with Crippen LogP contribution < -0.4 is 10.6 Å². The molecule has 122 valence electrons. The van der Waals surface area contributed by atoms with Crippen molar-refractivity contribution < 1.29 is 9.59 Å². The molecular formula is C17H17N5O2. The van der Waals surface area contributed by atoms with E-state index in [2.05, 4.69) is 10.1 Å². The smallest absolute Gasteiger partial charge is 0.252 e. The van der Waals surface area contributed by atoms with Gasteiger partial charge in [-0.15, -0.1) is 0 Å². The highest BCUT2D eigenvalue weighted by Gasteiger charge is 2.16. The summed E-state index contributed by atoms with van der Waals surface area (Å²) in [4.78, 5) is 29.3. The van der Waals surface area contributed by atoms with Gasteiger partial charge in [-0.3, -0.25) is 9.59 Å². The second-order valence-corrected chi connectivity index (χ2v) is 5.30. The molecule has 0 fully saturated rings. The van der Waals surface area contributed by atoms with Crippen LogP contribution in [0.5, 0.6) is 0 Å². The number of carbonyl (C=O) groups excluding carboxylic acids is 2. The van der Waals surface area contributed by atoms with Crippen molar-refractivity contribution in [3.8, 4) is 11.3 Å². The highest BCUT2D eigenvalue weighted by Crippen LogP contribution is 2.26. The Kier molecular flexibility index (Phi) is 3.99. The average molecular weight is 323 g/mol. The number of aromatic nitrogens is 3. The highest BCUT2D eigenvalue weighted by molar-refractivity contribution is 5.99. The first-order chi connectivity index (χ1) is 11.5. The maximum absolute atomic E-state index is 11.8.